The Hall–Kier alpha value is -3.31. The second kappa shape index (κ2) is 12.2. The van der Waals surface area contributed by atoms with Crippen molar-refractivity contribution < 1.29 is 24.5 Å². The van der Waals surface area contributed by atoms with Gasteiger partial charge >= 0.3 is 5.97 Å². The zero-order valence-corrected chi connectivity index (χ0v) is 20.2. The quantitative estimate of drug-likeness (QED) is 0.369. The van der Waals surface area contributed by atoms with Crippen molar-refractivity contribution in [1.29, 1.82) is 0 Å². The van der Waals surface area contributed by atoms with Gasteiger partial charge in [-0.1, -0.05) is 54.6 Å². The summed E-state index contributed by atoms with van der Waals surface area (Å²) in [6.07, 6.45) is 2.72. The fourth-order valence-electron chi connectivity index (χ4n) is 4.40. The van der Waals surface area contributed by atoms with Gasteiger partial charge in [0.05, 0.1) is 26.7 Å². The molecule has 0 heterocycles. The fraction of sp³-hybridized carbons (Fsp3) is 0.345. The van der Waals surface area contributed by atoms with Gasteiger partial charge in [0.2, 0.25) is 0 Å². The monoisotopic (exact) mass is 462 g/mol. The maximum Gasteiger partial charge on any atom is 0.307 e. The lowest BCUT2D eigenvalue weighted by atomic mass is 9.85. The highest BCUT2D eigenvalue weighted by Crippen LogP contribution is 2.36. The van der Waals surface area contributed by atoms with Crippen molar-refractivity contribution in [3.63, 3.8) is 0 Å². The molecule has 0 radical (unpaired) electrons. The summed E-state index contributed by atoms with van der Waals surface area (Å²) < 4.78 is 11.0. The number of rotatable bonds is 12. The lowest BCUT2D eigenvalue weighted by molar-refractivity contribution is -0.136. The molecule has 5 heteroatoms. The molecular weight excluding hydrogens is 428 g/mol. The highest BCUT2D eigenvalue weighted by atomic mass is 16.5. The minimum atomic E-state index is -0.843. The van der Waals surface area contributed by atoms with Gasteiger partial charge in [-0.2, -0.15) is 0 Å². The SMILES string of the molecule is COc1cc(C(O)[C@@H](CCCc2ccccc2)Cc2ccc(CC(=O)O)cc2)cc(OC)c1C. The maximum atomic E-state index is 11.5. The van der Waals surface area contributed by atoms with E-state index in [2.05, 4.69) is 12.1 Å². The zero-order valence-electron chi connectivity index (χ0n) is 20.2. The molecule has 3 aromatic rings. The molecule has 3 aromatic carbocycles. The minimum absolute atomic E-state index is 0.00631. The van der Waals surface area contributed by atoms with Crippen LogP contribution < -0.4 is 9.47 Å². The van der Waals surface area contributed by atoms with Crippen molar-refractivity contribution in [2.24, 2.45) is 5.92 Å². The molecule has 0 aliphatic carbocycles. The number of aliphatic carboxylic acids is 1. The highest BCUT2D eigenvalue weighted by molar-refractivity contribution is 5.70. The molecule has 34 heavy (non-hydrogen) atoms. The van der Waals surface area contributed by atoms with Crippen molar-refractivity contribution in [1.82, 2.24) is 0 Å². The van der Waals surface area contributed by atoms with Crippen LogP contribution in [0.25, 0.3) is 0 Å². The van der Waals surface area contributed by atoms with E-state index in [4.69, 9.17) is 14.6 Å². The molecular formula is C29H34O5. The van der Waals surface area contributed by atoms with Gasteiger partial charge in [-0.15, -0.1) is 0 Å². The molecule has 0 saturated carbocycles. The van der Waals surface area contributed by atoms with E-state index in [-0.39, 0.29) is 12.3 Å². The minimum Gasteiger partial charge on any atom is -0.496 e. The van der Waals surface area contributed by atoms with Gasteiger partial charge in [0.1, 0.15) is 11.5 Å². The van der Waals surface area contributed by atoms with E-state index in [1.165, 1.54) is 5.56 Å². The van der Waals surface area contributed by atoms with Crippen LogP contribution in [-0.4, -0.2) is 30.4 Å². The van der Waals surface area contributed by atoms with Gasteiger partial charge in [-0.05, 0) is 72.9 Å². The van der Waals surface area contributed by atoms with Crippen LogP contribution in [-0.2, 0) is 24.1 Å². The highest BCUT2D eigenvalue weighted by Gasteiger charge is 2.24. The van der Waals surface area contributed by atoms with Crippen LogP contribution >= 0.6 is 0 Å². The molecule has 0 spiro atoms. The Bertz CT molecular complexity index is 1030. The van der Waals surface area contributed by atoms with Crippen LogP contribution in [0.1, 0.15) is 46.8 Å². The van der Waals surface area contributed by atoms with E-state index in [0.717, 1.165) is 41.5 Å². The Morgan fingerprint density at radius 1 is 0.882 bits per heavy atom. The Morgan fingerprint density at radius 3 is 2.03 bits per heavy atom. The van der Waals surface area contributed by atoms with E-state index in [9.17, 15) is 9.90 Å². The number of hydrogen-bond acceptors (Lipinski definition) is 4. The van der Waals surface area contributed by atoms with Gasteiger partial charge < -0.3 is 19.7 Å². The molecule has 2 atom stereocenters. The first-order chi connectivity index (χ1) is 16.4. The predicted molar refractivity (Wildman–Crippen MR) is 134 cm³/mol. The summed E-state index contributed by atoms with van der Waals surface area (Å²) >= 11 is 0. The molecule has 5 nitrogen and oxygen atoms in total. The van der Waals surface area contributed by atoms with Crippen LogP contribution in [0, 0.1) is 12.8 Å². The first kappa shape index (κ1) is 25.3. The summed E-state index contributed by atoms with van der Waals surface area (Å²) in [5.41, 5.74) is 4.80. The second-order valence-electron chi connectivity index (χ2n) is 8.72. The molecule has 0 bridgehead atoms. The molecule has 0 amide bonds. The van der Waals surface area contributed by atoms with E-state index >= 15 is 0 Å². The van der Waals surface area contributed by atoms with Crippen LogP contribution in [0.2, 0.25) is 0 Å². The predicted octanol–water partition coefficient (Wildman–Crippen LogP) is 5.55. The van der Waals surface area contributed by atoms with Crippen molar-refractivity contribution in [2.45, 2.75) is 45.1 Å². The molecule has 180 valence electrons. The number of carbonyl (C=O) groups is 1. The smallest absolute Gasteiger partial charge is 0.307 e. The maximum absolute atomic E-state index is 11.5. The van der Waals surface area contributed by atoms with E-state index in [1.807, 2.05) is 61.5 Å². The standard InChI is InChI=1S/C29H34O5/c1-20-26(33-2)18-25(19-27(20)34-3)29(32)24(11-7-10-21-8-5-4-6-9-21)16-22-12-14-23(15-13-22)17-28(30)31/h4-6,8-9,12-15,18-19,24,29,32H,7,10-11,16-17H2,1-3H3,(H,30,31)/t24-,29?/m0/s1. The summed E-state index contributed by atoms with van der Waals surface area (Å²) in [6.45, 7) is 1.93. The molecule has 3 rings (SSSR count). The summed E-state index contributed by atoms with van der Waals surface area (Å²) in [7, 11) is 3.24. The third kappa shape index (κ3) is 6.84. The third-order valence-electron chi connectivity index (χ3n) is 6.32. The van der Waals surface area contributed by atoms with Gasteiger partial charge in [0, 0.05) is 5.56 Å². The number of aliphatic hydroxyl groups is 1. The molecule has 0 fully saturated rings. The van der Waals surface area contributed by atoms with Crippen molar-refractivity contribution in [2.75, 3.05) is 14.2 Å². The van der Waals surface area contributed by atoms with Crippen molar-refractivity contribution in [3.8, 4) is 11.5 Å². The second-order valence-corrected chi connectivity index (χ2v) is 8.72. The molecule has 0 aromatic heterocycles. The molecule has 0 saturated heterocycles. The molecule has 1 unspecified atom stereocenters. The zero-order chi connectivity index (χ0) is 24.5. The Morgan fingerprint density at radius 2 is 1.47 bits per heavy atom. The van der Waals surface area contributed by atoms with Crippen molar-refractivity contribution in [3.05, 3.63) is 94.5 Å². The van der Waals surface area contributed by atoms with Crippen LogP contribution in [0.5, 0.6) is 11.5 Å². The molecule has 0 aliphatic rings. The first-order valence-electron chi connectivity index (χ1n) is 11.7. The summed E-state index contributed by atoms with van der Waals surface area (Å²) in [6, 6.07) is 21.8. The number of aryl methyl sites for hydroxylation is 1. The average Bonchev–Trinajstić information content (AvgIpc) is 2.84. The third-order valence-corrected chi connectivity index (χ3v) is 6.32. The van der Waals surface area contributed by atoms with Crippen LogP contribution in [0.15, 0.2) is 66.7 Å². The number of carboxylic acid groups (broad SMARTS) is 1. The van der Waals surface area contributed by atoms with Crippen LogP contribution in [0.3, 0.4) is 0 Å². The Labute approximate surface area is 202 Å². The van der Waals surface area contributed by atoms with E-state index in [1.54, 1.807) is 14.2 Å². The molecule has 2 N–H and O–H groups in total. The number of benzene rings is 3. The number of aliphatic hydroxyl groups excluding tert-OH is 1. The number of methoxy groups -OCH3 is 2. The summed E-state index contributed by atoms with van der Waals surface area (Å²) in [4.78, 5) is 11.0. The topological polar surface area (TPSA) is 76.0 Å². The Balaban J connectivity index is 1.82. The van der Waals surface area contributed by atoms with Gasteiger partial charge in [-0.3, -0.25) is 4.79 Å². The summed E-state index contributed by atoms with van der Waals surface area (Å²) in [5.74, 6) is 0.513. The summed E-state index contributed by atoms with van der Waals surface area (Å²) in [5, 5.41) is 20.5. The van der Waals surface area contributed by atoms with Gasteiger partial charge in [0.15, 0.2) is 0 Å². The average molecular weight is 463 g/mol. The number of ether oxygens (including phenoxy) is 2. The van der Waals surface area contributed by atoms with E-state index < -0.39 is 12.1 Å². The lowest BCUT2D eigenvalue weighted by Crippen LogP contribution is -2.17. The first-order valence-corrected chi connectivity index (χ1v) is 11.7. The normalized spacial score (nSPS) is 12.7. The lowest BCUT2D eigenvalue weighted by Gasteiger charge is -2.25. The van der Waals surface area contributed by atoms with Gasteiger partial charge in [-0.25, -0.2) is 0 Å². The van der Waals surface area contributed by atoms with E-state index in [0.29, 0.717) is 17.9 Å². The van der Waals surface area contributed by atoms with Gasteiger partial charge in [0.25, 0.3) is 0 Å². The largest absolute Gasteiger partial charge is 0.496 e. The molecule has 0 aliphatic heterocycles. The van der Waals surface area contributed by atoms with Crippen LogP contribution in [0.4, 0.5) is 0 Å². The number of carboxylic acids is 1. The van der Waals surface area contributed by atoms with Crippen molar-refractivity contribution >= 4 is 5.97 Å². The Kier molecular flexibility index (Phi) is 9.11. The number of hydrogen-bond donors (Lipinski definition) is 2. The fourth-order valence-corrected chi connectivity index (χ4v) is 4.40.